The molecule has 0 aliphatic rings. The van der Waals surface area contributed by atoms with Crippen LogP contribution in [0.2, 0.25) is 5.02 Å². The summed E-state index contributed by atoms with van der Waals surface area (Å²) in [5.41, 5.74) is 6.92. The summed E-state index contributed by atoms with van der Waals surface area (Å²) in [7, 11) is 0. The average Bonchev–Trinajstić information content (AvgIpc) is 2.42. The molecule has 0 spiro atoms. The number of benzene rings is 1. The Hall–Kier alpha value is -0.870. The number of thioether (sulfide) groups is 1. The molecule has 0 bridgehead atoms. The van der Waals surface area contributed by atoms with Crippen LogP contribution in [0.1, 0.15) is 39.0 Å². The van der Waals surface area contributed by atoms with Gasteiger partial charge in [-0.2, -0.15) is 11.8 Å². The normalized spacial score (nSPS) is 10.5. The van der Waals surface area contributed by atoms with Gasteiger partial charge in [0.1, 0.15) is 0 Å². The molecule has 0 radical (unpaired) electrons. The molecule has 3 N–H and O–H groups in total. The van der Waals surface area contributed by atoms with Crippen LogP contribution >= 0.6 is 23.4 Å². The van der Waals surface area contributed by atoms with Crippen LogP contribution in [0.15, 0.2) is 18.2 Å². The summed E-state index contributed by atoms with van der Waals surface area (Å²) in [6.07, 6.45) is 5.23. The highest BCUT2D eigenvalue weighted by Crippen LogP contribution is 2.23. The zero-order chi connectivity index (χ0) is 14.8. The van der Waals surface area contributed by atoms with E-state index in [9.17, 15) is 4.79 Å². The van der Waals surface area contributed by atoms with Crippen LogP contribution in [0.3, 0.4) is 0 Å². The molecule has 20 heavy (non-hydrogen) atoms. The number of nitrogens with two attached hydrogens (primary N) is 1. The van der Waals surface area contributed by atoms with Gasteiger partial charge in [-0.3, -0.25) is 4.79 Å². The molecule has 0 aromatic heterocycles. The Morgan fingerprint density at radius 2 is 2.05 bits per heavy atom. The van der Waals surface area contributed by atoms with Crippen molar-refractivity contribution in [2.45, 2.75) is 39.0 Å². The first-order valence-electron chi connectivity index (χ1n) is 7.06. The predicted molar refractivity (Wildman–Crippen MR) is 90.6 cm³/mol. The third-order valence-electron chi connectivity index (χ3n) is 2.87. The summed E-state index contributed by atoms with van der Waals surface area (Å²) in [6.45, 7) is 2.20. The lowest BCUT2D eigenvalue weighted by Crippen LogP contribution is -2.12. The summed E-state index contributed by atoms with van der Waals surface area (Å²) in [5, 5.41) is 3.37. The van der Waals surface area contributed by atoms with Gasteiger partial charge in [-0.1, -0.05) is 31.4 Å². The number of amides is 1. The number of nitrogen functional groups attached to an aromatic ring is 1. The van der Waals surface area contributed by atoms with Crippen LogP contribution < -0.4 is 11.1 Å². The molecule has 0 unspecified atom stereocenters. The summed E-state index contributed by atoms with van der Waals surface area (Å²) in [6, 6.07) is 5.08. The summed E-state index contributed by atoms with van der Waals surface area (Å²) < 4.78 is 0. The van der Waals surface area contributed by atoms with Crippen molar-refractivity contribution in [1.29, 1.82) is 0 Å². The molecule has 0 atom stereocenters. The van der Waals surface area contributed by atoms with Crippen molar-refractivity contribution in [2.24, 2.45) is 0 Å². The molecule has 0 aliphatic carbocycles. The van der Waals surface area contributed by atoms with Gasteiger partial charge in [0.05, 0.1) is 11.4 Å². The fourth-order valence-corrected chi connectivity index (χ4v) is 2.87. The number of rotatable bonds is 9. The second-order valence-corrected chi connectivity index (χ2v) is 6.36. The number of nitrogens with one attached hydrogen (secondary N) is 1. The zero-order valence-corrected chi connectivity index (χ0v) is 13.5. The van der Waals surface area contributed by atoms with E-state index in [0.29, 0.717) is 22.8 Å². The van der Waals surface area contributed by atoms with Crippen molar-refractivity contribution < 1.29 is 4.79 Å². The zero-order valence-electron chi connectivity index (χ0n) is 12.0. The van der Waals surface area contributed by atoms with Crippen LogP contribution in [-0.4, -0.2) is 17.4 Å². The average molecular weight is 315 g/mol. The first-order valence-corrected chi connectivity index (χ1v) is 8.59. The van der Waals surface area contributed by atoms with Crippen LogP contribution in [0.5, 0.6) is 0 Å². The van der Waals surface area contributed by atoms with E-state index in [1.165, 1.54) is 25.0 Å². The molecule has 0 heterocycles. The number of hydrogen-bond acceptors (Lipinski definition) is 3. The van der Waals surface area contributed by atoms with E-state index in [-0.39, 0.29) is 5.91 Å². The lowest BCUT2D eigenvalue weighted by atomic mass is 10.2. The van der Waals surface area contributed by atoms with E-state index < -0.39 is 0 Å². The predicted octanol–water partition coefficient (Wildman–Crippen LogP) is 4.56. The molecular weight excluding hydrogens is 292 g/mol. The van der Waals surface area contributed by atoms with E-state index in [0.717, 1.165) is 12.2 Å². The van der Waals surface area contributed by atoms with Crippen LogP contribution in [0.25, 0.3) is 0 Å². The summed E-state index contributed by atoms with van der Waals surface area (Å²) >= 11 is 7.80. The molecule has 1 amide bonds. The van der Waals surface area contributed by atoms with E-state index in [1.54, 1.807) is 18.2 Å². The SMILES string of the molecule is CCCCCSCCCC(=O)Nc1cc(Cl)ccc1N. The highest BCUT2D eigenvalue weighted by molar-refractivity contribution is 7.99. The summed E-state index contributed by atoms with van der Waals surface area (Å²) in [5.74, 6) is 2.21. The van der Waals surface area contributed by atoms with Gasteiger partial charge in [-0.25, -0.2) is 0 Å². The molecule has 5 heteroatoms. The number of unbranched alkanes of at least 4 members (excludes halogenated alkanes) is 2. The highest BCUT2D eigenvalue weighted by atomic mass is 35.5. The first-order chi connectivity index (χ1) is 9.63. The van der Waals surface area contributed by atoms with Crippen molar-refractivity contribution in [2.75, 3.05) is 22.6 Å². The van der Waals surface area contributed by atoms with Gasteiger partial charge in [0.2, 0.25) is 5.91 Å². The molecule has 0 saturated heterocycles. The van der Waals surface area contributed by atoms with Crippen molar-refractivity contribution in [1.82, 2.24) is 0 Å². The van der Waals surface area contributed by atoms with Crippen LogP contribution in [-0.2, 0) is 4.79 Å². The molecule has 3 nitrogen and oxygen atoms in total. The van der Waals surface area contributed by atoms with Gasteiger partial charge in [0, 0.05) is 11.4 Å². The second-order valence-electron chi connectivity index (χ2n) is 4.70. The molecular formula is C15H23ClN2OS. The standard InChI is InChI=1S/C15H23ClN2OS/c1-2-3-4-9-20-10-5-6-15(19)18-14-11-12(16)7-8-13(14)17/h7-8,11H,2-6,9-10,17H2,1H3,(H,18,19). The highest BCUT2D eigenvalue weighted by Gasteiger charge is 2.05. The van der Waals surface area contributed by atoms with Gasteiger partial charge in [-0.05, 0) is 42.5 Å². The fourth-order valence-electron chi connectivity index (χ4n) is 1.74. The Bertz CT molecular complexity index is 426. The summed E-state index contributed by atoms with van der Waals surface area (Å²) in [4.78, 5) is 11.8. The quantitative estimate of drug-likeness (QED) is 0.519. The largest absolute Gasteiger partial charge is 0.397 e. The molecule has 1 aromatic carbocycles. The maximum Gasteiger partial charge on any atom is 0.224 e. The minimum atomic E-state index is -0.00637. The van der Waals surface area contributed by atoms with E-state index in [1.807, 2.05) is 11.8 Å². The van der Waals surface area contributed by atoms with Crippen molar-refractivity contribution in [3.8, 4) is 0 Å². The van der Waals surface area contributed by atoms with Crippen LogP contribution in [0.4, 0.5) is 11.4 Å². The van der Waals surface area contributed by atoms with E-state index >= 15 is 0 Å². The second kappa shape index (κ2) is 9.94. The van der Waals surface area contributed by atoms with Crippen molar-refractivity contribution >= 4 is 40.6 Å². The molecule has 1 rings (SSSR count). The van der Waals surface area contributed by atoms with E-state index in [4.69, 9.17) is 17.3 Å². The number of anilines is 2. The smallest absolute Gasteiger partial charge is 0.224 e. The van der Waals surface area contributed by atoms with E-state index in [2.05, 4.69) is 12.2 Å². The Balaban J connectivity index is 2.19. The maximum absolute atomic E-state index is 11.8. The number of carbonyl (C=O) groups is 1. The maximum atomic E-state index is 11.8. The van der Waals surface area contributed by atoms with Gasteiger partial charge < -0.3 is 11.1 Å². The third kappa shape index (κ3) is 7.06. The minimum Gasteiger partial charge on any atom is -0.397 e. The van der Waals surface area contributed by atoms with Gasteiger partial charge in [-0.15, -0.1) is 0 Å². The molecule has 0 fully saturated rings. The number of hydrogen-bond donors (Lipinski definition) is 2. The fraction of sp³-hybridized carbons (Fsp3) is 0.533. The first kappa shape index (κ1) is 17.2. The minimum absolute atomic E-state index is 0.00637. The topological polar surface area (TPSA) is 55.1 Å². The number of carbonyl (C=O) groups excluding carboxylic acids is 1. The van der Waals surface area contributed by atoms with Crippen LogP contribution in [0, 0.1) is 0 Å². The van der Waals surface area contributed by atoms with Gasteiger partial charge in [0.15, 0.2) is 0 Å². The molecule has 1 aromatic rings. The van der Waals surface area contributed by atoms with Gasteiger partial charge in [0.25, 0.3) is 0 Å². The monoisotopic (exact) mass is 314 g/mol. The molecule has 0 saturated carbocycles. The van der Waals surface area contributed by atoms with Crippen molar-refractivity contribution in [3.05, 3.63) is 23.2 Å². The molecule has 0 aliphatic heterocycles. The van der Waals surface area contributed by atoms with Crippen molar-refractivity contribution in [3.63, 3.8) is 0 Å². The Morgan fingerprint density at radius 1 is 1.30 bits per heavy atom. The Labute approximate surface area is 130 Å². The lowest BCUT2D eigenvalue weighted by Gasteiger charge is -2.08. The number of halogens is 1. The Morgan fingerprint density at radius 3 is 2.80 bits per heavy atom. The molecule has 112 valence electrons. The Kier molecular flexibility index (Phi) is 8.54. The van der Waals surface area contributed by atoms with Gasteiger partial charge >= 0.3 is 0 Å². The lowest BCUT2D eigenvalue weighted by molar-refractivity contribution is -0.116. The third-order valence-corrected chi connectivity index (χ3v) is 4.26.